The summed E-state index contributed by atoms with van der Waals surface area (Å²) < 4.78 is 0. The second-order valence-corrected chi connectivity index (χ2v) is 6.11. The van der Waals surface area contributed by atoms with Crippen molar-refractivity contribution in [1.82, 2.24) is 15.1 Å². The molecule has 1 atom stereocenters. The van der Waals surface area contributed by atoms with E-state index in [9.17, 15) is 9.59 Å². The van der Waals surface area contributed by atoms with Crippen LogP contribution in [0.4, 0.5) is 0 Å². The topological polar surface area (TPSA) is 72.9 Å². The molecule has 0 aromatic rings. The fourth-order valence-electron chi connectivity index (χ4n) is 2.17. The van der Waals surface area contributed by atoms with Gasteiger partial charge >= 0.3 is 5.97 Å². The highest BCUT2D eigenvalue weighted by atomic mass is 16.4. The van der Waals surface area contributed by atoms with Gasteiger partial charge in [-0.2, -0.15) is 0 Å². The Morgan fingerprint density at radius 3 is 2.25 bits per heavy atom. The van der Waals surface area contributed by atoms with Crippen molar-refractivity contribution in [1.29, 1.82) is 0 Å². The molecule has 6 heteroatoms. The zero-order valence-electron chi connectivity index (χ0n) is 13.0. The van der Waals surface area contributed by atoms with Gasteiger partial charge in [-0.1, -0.05) is 6.92 Å². The highest BCUT2D eigenvalue weighted by Gasteiger charge is 2.26. The van der Waals surface area contributed by atoms with Crippen molar-refractivity contribution in [3.8, 4) is 0 Å². The Morgan fingerprint density at radius 1 is 1.25 bits per heavy atom. The molecule has 0 radical (unpaired) electrons. The Hall–Kier alpha value is -1.14. The van der Waals surface area contributed by atoms with E-state index in [1.165, 1.54) is 0 Å². The third-order valence-electron chi connectivity index (χ3n) is 4.04. The predicted molar refractivity (Wildman–Crippen MR) is 77.6 cm³/mol. The van der Waals surface area contributed by atoms with Crippen LogP contribution in [-0.4, -0.2) is 71.1 Å². The number of carboxylic acids is 1. The van der Waals surface area contributed by atoms with Gasteiger partial charge < -0.3 is 10.4 Å². The molecule has 1 fully saturated rings. The molecule has 2 N–H and O–H groups in total. The van der Waals surface area contributed by atoms with Gasteiger partial charge in [-0.3, -0.25) is 19.4 Å². The minimum atomic E-state index is -0.791. The van der Waals surface area contributed by atoms with Gasteiger partial charge in [0.05, 0.1) is 6.54 Å². The molecule has 1 heterocycles. The molecule has 1 aliphatic rings. The fraction of sp³-hybridized carbons (Fsp3) is 0.857. The molecule has 20 heavy (non-hydrogen) atoms. The molecule has 0 aromatic carbocycles. The van der Waals surface area contributed by atoms with E-state index in [-0.39, 0.29) is 11.4 Å². The monoisotopic (exact) mass is 285 g/mol. The summed E-state index contributed by atoms with van der Waals surface area (Å²) in [6.07, 6.45) is 0.892. The van der Waals surface area contributed by atoms with E-state index < -0.39 is 12.0 Å². The third-order valence-corrected chi connectivity index (χ3v) is 4.04. The third kappa shape index (κ3) is 5.09. The van der Waals surface area contributed by atoms with Crippen LogP contribution in [-0.2, 0) is 9.59 Å². The summed E-state index contributed by atoms with van der Waals surface area (Å²) in [5.74, 6) is -0.752. The molecule has 116 valence electrons. The molecule has 0 aliphatic carbocycles. The van der Waals surface area contributed by atoms with Crippen LogP contribution in [0.25, 0.3) is 0 Å². The molecular formula is C14H27N3O3. The Kier molecular flexibility index (Phi) is 5.95. The molecule has 0 saturated carbocycles. The lowest BCUT2D eigenvalue weighted by molar-refractivity contribution is -0.143. The number of piperazine rings is 1. The molecule has 1 saturated heterocycles. The first-order chi connectivity index (χ1) is 9.25. The number of rotatable bonds is 6. The van der Waals surface area contributed by atoms with E-state index in [1.807, 2.05) is 25.7 Å². The smallest absolute Gasteiger partial charge is 0.320 e. The lowest BCUT2D eigenvalue weighted by Crippen LogP contribution is -2.54. The van der Waals surface area contributed by atoms with Crippen LogP contribution in [0.3, 0.4) is 0 Å². The SMILES string of the molecule is CCC(C)(C)NC(=O)CN1CCN(C(C)C(=O)O)CC1. The van der Waals surface area contributed by atoms with Crippen LogP contribution in [0.2, 0.25) is 0 Å². The van der Waals surface area contributed by atoms with Gasteiger partial charge in [-0.05, 0) is 27.2 Å². The van der Waals surface area contributed by atoms with Crippen LogP contribution < -0.4 is 5.32 Å². The summed E-state index contributed by atoms with van der Waals surface area (Å²) >= 11 is 0. The Morgan fingerprint density at radius 2 is 1.80 bits per heavy atom. The lowest BCUT2D eigenvalue weighted by Gasteiger charge is -2.36. The van der Waals surface area contributed by atoms with Gasteiger partial charge in [0.25, 0.3) is 0 Å². The maximum atomic E-state index is 11.9. The number of nitrogens with zero attached hydrogens (tertiary/aromatic N) is 2. The molecule has 1 unspecified atom stereocenters. The molecule has 1 rings (SSSR count). The number of amides is 1. The molecule has 0 aromatic heterocycles. The number of nitrogens with one attached hydrogen (secondary N) is 1. The summed E-state index contributed by atoms with van der Waals surface area (Å²) in [5, 5.41) is 12.0. The Bertz CT molecular complexity index is 350. The van der Waals surface area contributed by atoms with E-state index in [2.05, 4.69) is 10.2 Å². The Balaban J connectivity index is 2.36. The lowest BCUT2D eigenvalue weighted by atomic mass is 10.0. The zero-order chi connectivity index (χ0) is 15.3. The minimum Gasteiger partial charge on any atom is -0.480 e. The maximum absolute atomic E-state index is 11.9. The van der Waals surface area contributed by atoms with Gasteiger partial charge in [0.1, 0.15) is 6.04 Å². The van der Waals surface area contributed by atoms with Crippen molar-refractivity contribution in [2.45, 2.75) is 45.7 Å². The number of carbonyl (C=O) groups is 2. The van der Waals surface area contributed by atoms with Crippen molar-refractivity contribution in [3.63, 3.8) is 0 Å². The number of hydrogen-bond acceptors (Lipinski definition) is 4. The first-order valence-corrected chi connectivity index (χ1v) is 7.25. The molecule has 1 amide bonds. The van der Waals surface area contributed by atoms with Crippen LogP contribution in [0, 0.1) is 0 Å². The van der Waals surface area contributed by atoms with Crippen LogP contribution >= 0.6 is 0 Å². The number of hydrogen-bond donors (Lipinski definition) is 2. The fourth-order valence-corrected chi connectivity index (χ4v) is 2.17. The molecular weight excluding hydrogens is 258 g/mol. The summed E-state index contributed by atoms with van der Waals surface area (Å²) in [6.45, 7) is 11.0. The zero-order valence-corrected chi connectivity index (χ0v) is 13.0. The van der Waals surface area contributed by atoms with Gasteiger partial charge in [-0.15, -0.1) is 0 Å². The summed E-state index contributed by atoms with van der Waals surface area (Å²) in [4.78, 5) is 26.9. The first-order valence-electron chi connectivity index (χ1n) is 7.25. The molecule has 0 bridgehead atoms. The first kappa shape index (κ1) is 16.9. The summed E-state index contributed by atoms with van der Waals surface area (Å²) in [6, 6.07) is -0.454. The normalized spacial score (nSPS) is 19.6. The second-order valence-electron chi connectivity index (χ2n) is 6.11. The van der Waals surface area contributed by atoms with Crippen molar-refractivity contribution in [2.24, 2.45) is 0 Å². The van der Waals surface area contributed by atoms with Crippen molar-refractivity contribution >= 4 is 11.9 Å². The average molecular weight is 285 g/mol. The van der Waals surface area contributed by atoms with Gasteiger partial charge in [-0.25, -0.2) is 0 Å². The molecule has 0 spiro atoms. The van der Waals surface area contributed by atoms with Crippen molar-refractivity contribution in [2.75, 3.05) is 32.7 Å². The molecule has 1 aliphatic heterocycles. The number of carbonyl (C=O) groups excluding carboxylic acids is 1. The quantitative estimate of drug-likeness (QED) is 0.738. The van der Waals surface area contributed by atoms with Gasteiger partial charge in [0.15, 0.2) is 0 Å². The standard InChI is InChI=1S/C14H27N3O3/c1-5-14(3,4)15-12(18)10-16-6-8-17(9-7-16)11(2)13(19)20/h11H,5-10H2,1-4H3,(H,15,18)(H,19,20). The van der Waals surface area contributed by atoms with Gasteiger partial charge in [0, 0.05) is 31.7 Å². The predicted octanol–water partition coefficient (Wildman–Crippen LogP) is 0.382. The van der Waals surface area contributed by atoms with Crippen LogP contribution in [0.15, 0.2) is 0 Å². The van der Waals surface area contributed by atoms with E-state index in [0.717, 1.165) is 19.5 Å². The van der Waals surface area contributed by atoms with Crippen molar-refractivity contribution < 1.29 is 14.7 Å². The van der Waals surface area contributed by atoms with E-state index in [1.54, 1.807) is 6.92 Å². The molecule has 6 nitrogen and oxygen atoms in total. The second kappa shape index (κ2) is 7.04. The summed E-state index contributed by atoms with van der Waals surface area (Å²) in [7, 11) is 0. The number of carboxylic acid groups (broad SMARTS) is 1. The van der Waals surface area contributed by atoms with E-state index in [4.69, 9.17) is 5.11 Å². The largest absolute Gasteiger partial charge is 0.480 e. The highest BCUT2D eigenvalue weighted by molar-refractivity contribution is 5.78. The maximum Gasteiger partial charge on any atom is 0.320 e. The van der Waals surface area contributed by atoms with Crippen molar-refractivity contribution in [3.05, 3.63) is 0 Å². The highest BCUT2D eigenvalue weighted by Crippen LogP contribution is 2.09. The number of aliphatic carboxylic acids is 1. The van der Waals surface area contributed by atoms with Crippen LogP contribution in [0.1, 0.15) is 34.1 Å². The van der Waals surface area contributed by atoms with Gasteiger partial charge in [0.2, 0.25) is 5.91 Å². The average Bonchev–Trinajstić information content (AvgIpc) is 2.38. The van der Waals surface area contributed by atoms with E-state index in [0.29, 0.717) is 19.6 Å². The summed E-state index contributed by atoms with van der Waals surface area (Å²) in [5.41, 5.74) is -0.170. The minimum absolute atomic E-state index is 0.0385. The van der Waals surface area contributed by atoms with E-state index >= 15 is 0 Å². The Labute approximate surface area is 121 Å². The van der Waals surface area contributed by atoms with Crippen LogP contribution in [0.5, 0.6) is 0 Å².